The quantitative estimate of drug-likeness (QED) is 0.297. The molecule has 2 rings (SSSR count). The molecule has 0 spiro atoms. The second-order valence-electron chi connectivity index (χ2n) is 6.10. The summed E-state index contributed by atoms with van der Waals surface area (Å²) in [6.07, 6.45) is 0.865. The van der Waals surface area contributed by atoms with E-state index in [-0.39, 0.29) is 29.9 Å². The van der Waals surface area contributed by atoms with Crippen LogP contribution in [0.4, 0.5) is 5.69 Å². The highest BCUT2D eigenvalue weighted by Gasteiger charge is 2.01. The third-order valence-corrected chi connectivity index (χ3v) is 3.88. The lowest BCUT2D eigenvalue weighted by atomic mass is 10.1. The van der Waals surface area contributed by atoms with Crippen molar-refractivity contribution in [2.45, 2.75) is 26.8 Å². The zero-order chi connectivity index (χ0) is 19.5. The van der Waals surface area contributed by atoms with Gasteiger partial charge in [-0.05, 0) is 48.7 Å². The number of nitrogens with one attached hydrogen (secondary N) is 3. The molecule has 0 heterocycles. The van der Waals surface area contributed by atoms with Crippen LogP contribution in [0.15, 0.2) is 53.5 Å². The van der Waals surface area contributed by atoms with E-state index in [1.54, 1.807) is 7.11 Å². The maximum absolute atomic E-state index is 11.1. The number of hydrogen-bond acceptors (Lipinski definition) is 3. The van der Waals surface area contributed by atoms with Crippen LogP contribution in [-0.2, 0) is 17.8 Å². The Bertz CT molecular complexity index is 763. The molecule has 0 saturated heterocycles. The fraction of sp³-hybridized carbons (Fsp3) is 0.333. The lowest BCUT2D eigenvalue weighted by Gasteiger charge is -2.12. The highest BCUT2D eigenvalue weighted by molar-refractivity contribution is 14.0. The summed E-state index contributed by atoms with van der Waals surface area (Å²) in [5.41, 5.74) is 3.10. The molecule has 6 nitrogen and oxygen atoms in total. The number of rotatable bonds is 8. The van der Waals surface area contributed by atoms with Crippen molar-refractivity contribution in [3.8, 4) is 5.75 Å². The van der Waals surface area contributed by atoms with Gasteiger partial charge in [0.2, 0.25) is 5.91 Å². The number of carbonyl (C=O) groups is 1. The molecule has 2 aromatic carbocycles. The zero-order valence-corrected chi connectivity index (χ0v) is 18.9. The Morgan fingerprint density at radius 3 is 2.46 bits per heavy atom. The molecule has 0 aliphatic carbocycles. The summed E-state index contributed by atoms with van der Waals surface area (Å²) in [6.45, 7) is 5.70. The molecule has 2 aromatic rings. The van der Waals surface area contributed by atoms with Crippen LogP contribution in [0.5, 0.6) is 5.75 Å². The van der Waals surface area contributed by atoms with Crippen LogP contribution in [0.2, 0.25) is 0 Å². The number of carbonyl (C=O) groups excluding carboxylic acids is 1. The molecule has 0 radical (unpaired) electrons. The van der Waals surface area contributed by atoms with E-state index < -0.39 is 0 Å². The predicted molar refractivity (Wildman–Crippen MR) is 126 cm³/mol. The van der Waals surface area contributed by atoms with Gasteiger partial charge in [0, 0.05) is 25.7 Å². The lowest BCUT2D eigenvalue weighted by molar-refractivity contribution is -0.114. The van der Waals surface area contributed by atoms with Crippen LogP contribution in [0.25, 0.3) is 0 Å². The van der Waals surface area contributed by atoms with E-state index in [0.717, 1.165) is 42.5 Å². The van der Waals surface area contributed by atoms with Gasteiger partial charge in [0.25, 0.3) is 0 Å². The van der Waals surface area contributed by atoms with Gasteiger partial charge in [-0.3, -0.25) is 4.79 Å². The summed E-state index contributed by atoms with van der Waals surface area (Å²) in [5, 5.41) is 9.38. The fourth-order valence-corrected chi connectivity index (χ4v) is 2.57. The van der Waals surface area contributed by atoms with Crippen molar-refractivity contribution in [2.24, 2.45) is 4.99 Å². The lowest BCUT2D eigenvalue weighted by Crippen LogP contribution is -2.38. The average Bonchev–Trinajstić information content (AvgIpc) is 2.67. The van der Waals surface area contributed by atoms with E-state index in [4.69, 9.17) is 4.74 Å². The molecule has 7 heteroatoms. The van der Waals surface area contributed by atoms with E-state index in [1.807, 2.05) is 55.5 Å². The molecule has 0 fully saturated rings. The van der Waals surface area contributed by atoms with Gasteiger partial charge in [-0.2, -0.15) is 0 Å². The molecular weight excluding hydrogens is 467 g/mol. The largest absolute Gasteiger partial charge is 0.497 e. The highest BCUT2D eigenvalue weighted by Crippen LogP contribution is 2.13. The van der Waals surface area contributed by atoms with Crippen molar-refractivity contribution >= 4 is 41.5 Å². The summed E-state index contributed by atoms with van der Waals surface area (Å²) >= 11 is 0. The Labute approximate surface area is 184 Å². The molecule has 0 aromatic heterocycles. The fourth-order valence-electron chi connectivity index (χ4n) is 2.57. The van der Waals surface area contributed by atoms with Crippen molar-refractivity contribution < 1.29 is 9.53 Å². The van der Waals surface area contributed by atoms with Crippen LogP contribution in [0.1, 0.15) is 25.0 Å². The van der Waals surface area contributed by atoms with Gasteiger partial charge in [-0.15, -0.1) is 24.0 Å². The van der Waals surface area contributed by atoms with Gasteiger partial charge >= 0.3 is 0 Å². The Morgan fingerprint density at radius 1 is 1.07 bits per heavy atom. The summed E-state index contributed by atoms with van der Waals surface area (Å²) in [5.74, 6) is 1.56. The molecule has 0 unspecified atom stereocenters. The Morgan fingerprint density at radius 2 is 1.82 bits per heavy atom. The number of methoxy groups -OCH3 is 1. The first-order valence-electron chi connectivity index (χ1n) is 9.12. The molecule has 28 heavy (non-hydrogen) atoms. The number of nitrogens with zero attached hydrogens (tertiary/aromatic N) is 1. The number of guanidine groups is 1. The topological polar surface area (TPSA) is 74.8 Å². The monoisotopic (exact) mass is 496 g/mol. The van der Waals surface area contributed by atoms with Gasteiger partial charge in [0.15, 0.2) is 5.96 Å². The van der Waals surface area contributed by atoms with Crippen molar-refractivity contribution in [3.63, 3.8) is 0 Å². The standard InChI is InChI=1S/C21H28N4O2.HI/c1-4-22-21(24-15-18-6-5-7-20(14-18)27-3)23-13-12-17-8-10-19(11-9-17)25-16(2)26;/h5-11,14H,4,12-13,15H2,1-3H3,(H,25,26)(H2,22,23,24);1H. The molecule has 0 saturated carbocycles. The normalized spacial score (nSPS) is 10.6. The van der Waals surface area contributed by atoms with Crippen molar-refractivity contribution in [2.75, 3.05) is 25.5 Å². The first-order chi connectivity index (χ1) is 13.1. The highest BCUT2D eigenvalue weighted by atomic mass is 127. The maximum Gasteiger partial charge on any atom is 0.221 e. The Kier molecular flexibility index (Phi) is 11.0. The van der Waals surface area contributed by atoms with E-state index in [9.17, 15) is 4.79 Å². The van der Waals surface area contributed by atoms with Crippen molar-refractivity contribution in [3.05, 3.63) is 59.7 Å². The summed E-state index contributed by atoms with van der Waals surface area (Å²) < 4.78 is 5.25. The molecular formula is C21H29IN4O2. The molecule has 0 bridgehead atoms. The minimum atomic E-state index is -0.0630. The maximum atomic E-state index is 11.1. The third kappa shape index (κ3) is 8.60. The van der Waals surface area contributed by atoms with Gasteiger partial charge < -0.3 is 20.7 Å². The van der Waals surface area contributed by atoms with Crippen molar-refractivity contribution in [1.29, 1.82) is 0 Å². The SMILES string of the molecule is CCNC(=NCc1cccc(OC)c1)NCCc1ccc(NC(C)=O)cc1.I. The molecule has 1 amide bonds. The minimum absolute atomic E-state index is 0. The number of aliphatic imine (C=N–C) groups is 1. The first kappa shape index (κ1) is 23.7. The molecule has 0 aliphatic heterocycles. The zero-order valence-electron chi connectivity index (χ0n) is 16.6. The van der Waals surface area contributed by atoms with Crippen LogP contribution in [0.3, 0.4) is 0 Å². The molecule has 0 aliphatic rings. The molecule has 152 valence electrons. The number of benzene rings is 2. The van der Waals surface area contributed by atoms with Gasteiger partial charge in [-0.1, -0.05) is 24.3 Å². The van der Waals surface area contributed by atoms with E-state index in [1.165, 1.54) is 12.5 Å². The second kappa shape index (κ2) is 13.0. The molecule has 3 N–H and O–H groups in total. The summed E-state index contributed by atoms with van der Waals surface area (Å²) in [4.78, 5) is 15.7. The summed E-state index contributed by atoms with van der Waals surface area (Å²) in [6, 6.07) is 15.8. The number of amides is 1. The number of anilines is 1. The average molecular weight is 496 g/mol. The van der Waals surface area contributed by atoms with Crippen LogP contribution >= 0.6 is 24.0 Å². The number of ether oxygens (including phenoxy) is 1. The van der Waals surface area contributed by atoms with Gasteiger partial charge in [0.1, 0.15) is 5.75 Å². The van der Waals surface area contributed by atoms with Crippen LogP contribution in [0, 0.1) is 0 Å². The van der Waals surface area contributed by atoms with E-state index in [0.29, 0.717) is 6.54 Å². The first-order valence-corrected chi connectivity index (χ1v) is 9.12. The Hall–Kier alpha value is -2.29. The summed E-state index contributed by atoms with van der Waals surface area (Å²) in [7, 11) is 1.66. The third-order valence-electron chi connectivity index (χ3n) is 3.88. The second-order valence-corrected chi connectivity index (χ2v) is 6.10. The Balaban J connectivity index is 0.00000392. The number of hydrogen-bond donors (Lipinski definition) is 3. The van der Waals surface area contributed by atoms with Crippen LogP contribution in [-0.4, -0.2) is 32.1 Å². The van der Waals surface area contributed by atoms with Crippen LogP contribution < -0.4 is 20.7 Å². The predicted octanol–water partition coefficient (Wildman–Crippen LogP) is 3.57. The van der Waals surface area contributed by atoms with Gasteiger partial charge in [-0.25, -0.2) is 4.99 Å². The van der Waals surface area contributed by atoms with Crippen molar-refractivity contribution in [1.82, 2.24) is 10.6 Å². The van der Waals surface area contributed by atoms with E-state index in [2.05, 4.69) is 20.9 Å². The van der Waals surface area contributed by atoms with Gasteiger partial charge in [0.05, 0.1) is 13.7 Å². The smallest absolute Gasteiger partial charge is 0.221 e. The molecule has 0 atom stereocenters. The number of halogens is 1. The van der Waals surface area contributed by atoms with E-state index >= 15 is 0 Å². The minimum Gasteiger partial charge on any atom is -0.497 e.